The van der Waals surface area contributed by atoms with Crippen LogP contribution >= 0.6 is 23.2 Å². The van der Waals surface area contributed by atoms with Crippen LogP contribution in [0.2, 0.25) is 10.0 Å². The van der Waals surface area contributed by atoms with Gasteiger partial charge in [-0.1, -0.05) is 253 Å². The smallest absolute Gasteiger partial charge is 0.0903 e. The van der Waals surface area contributed by atoms with Crippen molar-refractivity contribution in [3.63, 3.8) is 0 Å². The van der Waals surface area contributed by atoms with Crippen LogP contribution in [0.5, 0.6) is 0 Å². The van der Waals surface area contributed by atoms with Crippen LogP contribution in [-0.4, -0.2) is 22.7 Å². The maximum Gasteiger partial charge on any atom is 0.0903 e. The minimum absolute atomic E-state index is 0.0458. The first-order valence-electron chi connectivity index (χ1n) is 31.3. The molecule has 2 aliphatic carbocycles. The second-order valence-corrected chi connectivity index (χ2v) is 31.0. The Labute approximate surface area is 532 Å². The van der Waals surface area contributed by atoms with Crippen molar-refractivity contribution in [1.29, 1.82) is 0 Å². The first-order chi connectivity index (χ1) is 40.4. The van der Waals surface area contributed by atoms with E-state index in [0.29, 0.717) is 10.0 Å². The van der Waals surface area contributed by atoms with E-state index in [9.17, 15) is 4.21 Å². The van der Waals surface area contributed by atoms with Crippen LogP contribution in [0, 0.1) is 30.1 Å². The predicted octanol–water partition coefficient (Wildman–Crippen LogP) is 23.3. The van der Waals surface area contributed by atoms with E-state index >= 15 is 0 Å². The van der Waals surface area contributed by atoms with Crippen LogP contribution in [0.25, 0.3) is 22.8 Å². The molecule has 7 aromatic carbocycles. The summed E-state index contributed by atoms with van der Waals surface area (Å²) in [6.45, 7) is 39.4. The highest BCUT2D eigenvalue weighted by Gasteiger charge is 2.44. The molecular weight excluding hydrogens is 1110 g/mol. The number of fused-ring (bicyclic) bond motifs is 3. The lowest BCUT2D eigenvalue weighted by molar-refractivity contribution is -0.0505. The topological polar surface area (TPSA) is 38.3 Å². The average molecular weight is 1210 g/mol. The van der Waals surface area contributed by atoms with E-state index in [-0.39, 0.29) is 27.3 Å². The number of allylic oxidation sites excluding steroid dienone is 3. The van der Waals surface area contributed by atoms with Gasteiger partial charge in [0.05, 0.1) is 27.9 Å². The Bertz CT molecular complexity index is 3590. The van der Waals surface area contributed by atoms with Gasteiger partial charge in [0.2, 0.25) is 0 Å². The van der Waals surface area contributed by atoms with E-state index < -0.39 is 10.8 Å². The van der Waals surface area contributed by atoms with E-state index in [1.54, 1.807) is 23.0 Å². The highest BCUT2D eigenvalue weighted by molar-refractivity contribution is 7.84. The van der Waals surface area contributed by atoms with Gasteiger partial charge >= 0.3 is 0 Å². The van der Waals surface area contributed by atoms with Crippen LogP contribution in [0.1, 0.15) is 196 Å². The zero-order chi connectivity index (χ0) is 62.9. The maximum atomic E-state index is 11.6. The number of para-hydroxylation sites is 2. The molecule has 86 heavy (non-hydrogen) atoms. The summed E-state index contributed by atoms with van der Waals surface area (Å²) in [5.74, 6) is 0. The summed E-state index contributed by atoms with van der Waals surface area (Å²) in [4.78, 5) is 0.871. The fourth-order valence-corrected chi connectivity index (χ4v) is 13.7. The summed E-state index contributed by atoms with van der Waals surface area (Å²) < 4.78 is 18.1. The highest BCUT2D eigenvalue weighted by Crippen LogP contribution is 2.51. The lowest BCUT2D eigenvalue weighted by Gasteiger charge is -2.42. The first-order valence-corrected chi connectivity index (χ1v) is 33.6. The molecule has 10 rings (SSSR count). The Hall–Kier alpha value is -5.75. The second-order valence-electron chi connectivity index (χ2n) is 28.8. The van der Waals surface area contributed by atoms with Crippen molar-refractivity contribution < 1.29 is 8.95 Å². The van der Waals surface area contributed by atoms with Crippen LogP contribution < -0.4 is 5.32 Å². The molecule has 3 aliphatic rings. The molecule has 1 N–H and O–H groups in total. The molecule has 7 aromatic rings. The molecule has 0 spiro atoms. The van der Waals surface area contributed by atoms with Gasteiger partial charge in [-0.05, 0) is 214 Å². The van der Waals surface area contributed by atoms with Crippen molar-refractivity contribution in [1.82, 2.24) is 0 Å². The number of anilines is 2. The number of halogens is 2. The number of ether oxygens (including phenoxy) is 1. The number of nitrogens with one attached hydrogen (secondary N) is 1. The summed E-state index contributed by atoms with van der Waals surface area (Å²) in [5, 5.41) is 4.62. The lowest BCUT2D eigenvalue weighted by Crippen LogP contribution is -2.41. The number of aryl methyl sites for hydroxylation is 3. The summed E-state index contributed by atoms with van der Waals surface area (Å²) in [7, 11) is -0.934. The molecule has 1 heterocycles. The van der Waals surface area contributed by atoms with Gasteiger partial charge in [-0.25, -0.2) is 0 Å². The van der Waals surface area contributed by atoms with Crippen LogP contribution in [0.4, 0.5) is 11.4 Å². The molecule has 456 valence electrons. The van der Waals surface area contributed by atoms with E-state index in [0.717, 1.165) is 79.8 Å². The van der Waals surface area contributed by atoms with Crippen LogP contribution in [0.15, 0.2) is 168 Å². The molecule has 0 saturated heterocycles. The average Bonchev–Trinajstić information content (AvgIpc) is 1.67. The Morgan fingerprint density at radius 3 is 1.83 bits per heavy atom. The third kappa shape index (κ3) is 18.0. The minimum Gasteiger partial charge on any atom is -0.370 e. The molecule has 2 atom stereocenters. The molecule has 6 heteroatoms. The van der Waals surface area contributed by atoms with Gasteiger partial charge in [-0.2, -0.15) is 0 Å². The standard InChI is InChI=1S/C24H28OS.C21H30O.C18H22.C17H19Cl2N/c1-16-7-12-20-21(14-18-8-10-19(11-9-18)26(6)25)17(2)23(22(20)13-16)15-24(3,4)5;1-6-15-9-8-10-16-17-11-12-22-21(7-2,14-20(3,4)5)19(17)13-18(15)16;1-14-8-7-9-15(12-14)13-16-10-5-6-11-17(16)18(2,3)4;1-17(2,3)11-12-7-4-5-10-15(12)20-16-13(18)8-6-9-14(16)19/h7-14H,15H2,1-6H3;8-10H,6-7,11-14H2,1-5H3;5-12H,13H2,1-4H3;4-10,20H,11H2,1-3H3/b21-14+;;;. The van der Waals surface area contributed by atoms with Gasteiger partial charge in [0.15, 0.2) is 0 Å². The summed E-state index contributed by atoms with van der Waals surface area (Å²) in [6.07, 6.45) is 12.6. The number of benzene rings is 7. The highest BCUT2D eigenvalue weighted by atomic mass is 35.5. The SMILES string of the molecule is CC(C)(C)Cc1ccccc1Nc1c(Cl)cccc1Cl.CC1=C(CC(C)(C)C)c2cc(C)ccc2/C1=C/c1ccc(S(C)=O)cc1.CCc1cccc2c1CC1=C2CCOC1(CC)CC(C)(C)C.Cc1cccc(Cc2ccccc2C(C)(C)C)c1. The Morgan fingerprint density at radius 1 is 0.616 bits per heavy atom. The molecule has 1 aliphatic heterocycles. The normalized spacial score (nSPS) is 16.4. The Balaban J connectivity index is 0.000000166. The quantitative estimate of drug-likeness (QED) is 0.140. The Morgan fingerprint density at radius 2 is 1.22 bits per heavy atom. The molecule has 0 radical (unpaired) electrons. The lowest BCUT2D eigenvalue weighted by atomic mass is 9.73. The summed E-state index contributed by atoms with van der Waals surface area (Å²) >= 11 is 12.4. The zero-order valence-corrected chi connectivity index (χ0v) is 57.7. The fraction of sp³-hybridized carbons (Fsp3) is 0.400. The second kappa shape index (κ2) is 28.6. The molecule has 3 nitrogen and oxygen atoms in total. The number of rotatable bonds is 11. The fourth-order valence-electron chi connectivity index (χ4n) is 12.7. The van der Waals surface area contributed by atoms with E-state index in [4.69, 9.17) is 27.9 Å². The molecule has 0 bridgehead atoms. The third-order valence-corrected chi connectivity index (χ3v) is 18.1. The zero-order valence-electron chi connectivity index (χ0n) is 55.4. The first kappa shape index (κ1) is 67.8. The number of hydrogen-bond acceptors (Lipinski definition) is 3. The van der Waals surface area contributed by atoms with Crippen LogP contribution in [0.3, 0.4) is 0 Å². The van der Waals surface area contributed by atoms with Gasteiger partial charge in [0, 0.05) is 27.6 Å². The van der Waals surface area contributed by atoms with Gasteiger partial charge in [0.25, 0.3) is 0 Å². The molecule has 0 saturated carbocycles. The third-order valence-electron chi connectivity index (χ3n) is 16.5. The molecule has 2 unspecified atom stereocenters. The summed E-state index contributed by atoms with van der Waals surface area (Å²) in [6, 6.07) is 53.0. The van der Waals surface area contributed by atoms with Crippen molar-refractivity contribution in [3.05, 3.63) is 240 Å². The van der Waals surface area contributed by atoms with Gasteiger partial charge < -0.3 is 10.1 Å². The predicted molar refractivity (Wildman–Crippen MR) is 377 cm³/mol. The van der Waals surface area contributed by atoms with Crippen molar-refractivity contribution in [2.45, 2.75) is 185 Å². The van der Waals surface area contributed by atoms with Gasteiger partial charge in [0.1, 0.15) is 0 Å². The van der Waals surface area contributed by atoms with Gasteiger partial charge in [-0.3, -0.25) is 4.21 Å². The monoisotopic (exact) mass is 1210 g/mol. The van der Waals surface area contributed by atoms with E-state index in [1.807, 2.05) is 36.4 Å². The van der Waals surface area contributed by atoms with Crippen molar-refractivity contribution in [3.8, 4) is 0 Å². The van der Waals surface area contributed by atoms with Crippen molar-refractivity contribution >= 4 is 68.2 Å². The summed E-state index contributed by atoms with van der Waals surface area (Å²) in [5.41, 5.74) is 26.7. The number of hydrogen-bond donors (Lipinski definition) is 1. The van der Waals surface area contributed by atoms with E-state index in [1.165, 1.54) is 72.4 Å². The molecule has 0 amide bonds. The van der Waals surface area contributed by atoms with Gasteiger partial charge in [-0.15, -0.1) is 0 Å². The molecule has 0 aromatic heterocycles. The van der Waals surface area contributed by atoms with E-state index in [2.05, 4.69) is 244 Å². The minimum atomic E-state index is -0.934. The molecule has 0 fully saturated rings. The Kier molecular flexibility index (Phi) is 22.5. The van der Waals surface area contributed by atoms with Crippen LogP contribution in [-0.2, 0) is 46.6 Å². The maximum absolute atomic E-state index is 11.6. The van der Waals surface area contributed by atoms with Crippen molar-refractivity contribution in [2.75, 3.05) is 18.2 Å². The molecular formula is C80H99Cl2NO2S. The largest absolute Gasteiger partial charge is 0.370 e. The van der Waals surface area contributed by atoms with Crippen molar-refractivity contribution in [2.24, 2.45) is 16.2 Å².